The highest BCUT2D eigenvalue weighted by atomic mass is 32.2. The van der Waals surface area contributed by atoms with Gasteiger partial charge in [-0.2, -0.15) is 0 Å². The molecule has 1 fully saturated rings. The normalized spacial score (nSPS) is 25.4. The molecule has 0 saturated carbocycles. The Morgan fingerprint density at radius 3 is 2.10 bits per heavy atom. The number of rotatable bonds is 7. The van der Waals surface area contributed by atoms with Gasteiger partial charge >= 0.3 is 0 Å². The lowest BCUT2D eigenvalue weighted by atomic mass is 10.0. The monoisotopic (exact) mass is 593 g/mol. The molecule has 1 aliphatic heterocycles. The SMILES string of the molecule is CC(=O)N[C@H]1CSC(=O)[C@H](Cc2ccccc2)NC(=O)[C@H](CC(C)C)NC(=O)[C@H](CO)NC(=O)[C@H](CO)N(C)C1=O. The van der Waals surface area contributed by atoms with E-state index in [9.17, 15) is 39.0 Å². The van der Waals surface area contributed by atoms with Crippen LogP contribution in [0.5, 0.6) is 0 Å². The lowest BCUT2D eigenvalue weighted by Crippen LogP contribution is -2.61. The van der Waals surface area contributed by atoms with Crippen LogP contribution in [0.4, 0.5) is 0 Å². The minimum absolute atomic E-state index is 0.0479. The van der Waals surface area contributed by atoms with Crippen molar-refractivity contribution in [3.05, 3.63) is 35.9 Å². The van der Waals surface area contributed by atoms with E-state index >= 15 is 0 Å². The largest absolute Gasteiger partial charge is 0.394 e. The summed E-state index contributed by atoms with van der Waals surface area (Å²) in [6.45, 7) is 3.21. The molecular weight excluding hydrogens is 554 g/mol. The van der Waals surface area contributed by atoms with E-state index in [0.717, 1.165) is 22.2 Å². The van der Waals surface area contributed by atoms with Crippen molar-refractivity contribution in [2.24, 2.45) is 5.92 Å². The fraction of sp³-hybridized carbons (Fsp3) is 0.556. The smallest absolute Gasteiger partial charge is 0.246 e. The average Bonchev–Trinajstić information content (AvgIpc) is 2.92. The van der Waals surface area contributed by atoms with Crippen LogP contribution >= 0.6 is 11.8 Å². The number of nitrogens with one attached hydrogen (secondary N) is 4. The van der Waals surface area contributed by atoms with Crippen molar-refractivity contribution in [1.29, 1.82) is 0 Å². The number of hydrogen-bond acceptors (Lipinski definition) is 9. The number of carbonyl (C=O) groups is 6. The maximum atomic E-state index is 13.4. The summed E-state index contributed by atoms with van der Waals surface area (Å²) in [6.07, 6.45) is 0.325. The summed E-state index contributed by atoms with van der Waals surface area (Å²) in [4.78, 5) is 78.9. The summed E-state index contributed by atoms with van der Waals surface area (Å²) in [5, 5.41) is 29.3. The molecule has 0 bridgehead atoms. The van der Waals surface area contributed by atoms with Gasteiger partial charge in [-0.15, -0.1) is 0 Å². The zero-order chi connectivity index (χ0) is 30.7. The van der Waals surface area contributed by atoms with Crippen LogP contribution in [-0.2, 0) is 35.2 Å². The van der Waals surface area contributed by atoms with E-state index in [1.54, 1.807) is 24.3 Å². The van der Waals surface area contributed by atoms with Gasteiger partial charge in [0.15, 0.2) is 0 Å². The van der Waals surface area contributed by atoms with Gasteiger partial charge in [0, 0.05) is 26.1 Å². The van der Waals surface area contributed by atoms with E-state index in [1.807, 2.05) is 19.9 Å². The Kier molecular flexibility index (Phi) is 13.2. The van der Waals surface area contributed by atoms with Crippen LogP contribution in [0.15, 0.2) is 30.3 Å². The molecular formula is C27H39N5O8S. The van der Waals surface area contributed by atoms with Gasteiger partial charge in [0.25, 0.3) is 0 Å². The molecule has 226 valence electrons. The van der Waals surface area contributed by atoms with Gasteiger partial charge in [-0.25, -0.2) is 0 Å². The number of aliphatic hydroxyl groups excluding tert-OH is 2. The second kappa shape index (κ2) is 16.1. The van der Waals surface area contributed by atoms with Gasteiger partial charge in [-0.05, 0) is 17.9 Å². The van der Waals surface area contributed by atoms with E-state index in [-0.39, 0.29) is 24.5 Å². The summed E-state index contributed by atoms with van der Waals surface area (Å²) < 4.78 is 0. The molecule has 1 heterocycles. The highest BCUT2D eigenvalue weighted by molar-refractivity contribution is 8.13. The number of carbonyl (C=O) groups excluding carboxylic acids is 6. The molecule has 1 aromatic rings. The number of amides is 5. The fourth-order valence-electron chi connectivity index (χ4n) is 4.22. The van der Waals surface area contributed by atoms with Gasteiger partial charge in [-0.1, -0.05) is 55.9 Å². The Hall–Kier alpha value is -3.49. The molecule has 0 aliphatic carbocycles. The van der Waals surface area contributed by atoms with Crippen LogP contribution in [0, 0.1) is 5.92 Å². The van der Waals surface area contributed by atoms with Crippen LogP contribution in [0.25, 0.3) is 0 Å². The molecule has 1 aromatic carbocycles. The van der Waals surface area contributed by atoms with Crippen molar-refractivity contribution in [3.8, 4) is 0 Å². The molecule has 41 heavy (non-hydrogen) atoms. The molecule has 5 atom stereocenters. The summed E-state index contributed by atoms with van der Waals surface area (Å²) >= 11 is 0.728. The zero-order valence-electron chi connectivity index (χ0n) is 23.6. The number of hydrogen-bond donors (Lipinski definition) is 6. The summed E-state index contributed by atoms with van der Waals surface area (Å²) in [6, 6.07) is 2.59. The summed E-state index contributed by atoms with van der Waals surface area (Å²) in [7, 11) is 1.23. The van der Waals surface area contributed by atoms with E-state index in [4.69, 9.17) is 0 Å². The third-order valence-corrected chi connectivity index (χ3v) is 7.47. The van der Waals surface area contributed by atoms with Crippen molar-refractivity contribution in [3.63, 3.8) is 0 Å². The lowest BCUT2D eigenvalue weighted by molar-refractivity contribution is -0.143. The van der Waals surface area contributed by atoms with Crippen molar-refractivity contribution in [2.45, 2.75) is 63.8 Å². The minimum atomic E-state index is -1.50. The maximum absolute atomic E-state index is 13.4. The standard InChI is InChI=1S/C27H39N5O8S/c1-15(2)10-18-23(36)30-19(11-17-8-6-5-7-9-17)27(40)41-14-21(28-16(3)35)26(39)32(4)22(13-34)25(38)31-20(12-33)24(37)29-18/h5-9,15,18-22,33-34H,10-14H2,1-4H3,(H,28,35)(H,29,37)(H,30,36)(H,31,38)/t18-,19-,20-,21-,22-/m0/s1. The van der Waals surface area contributed by atoms with Crippen LogP contribution in [0.1, 0.15) is 32.8 Å². The number of aliphatic hydroxyl groups is 2. The minimum Gasteiger partial charge on any atom is -0.394 e. The Balaban J connectivity index is 2.52. The second-order valence-electron chi connectivity index (χ2n) is 10.2. The summed E-state index contributed by atoms with van der Waals surface area (Å²) in [5.74, 6) is -4.04. The molecule has 13 nitrogen and oxygen atoms in total. The van der Waals surface area contributed by atoms with E-state index in [2.05, 4.69) is 21.3 Å². The topological polar surface area (TPSA) is 194 Å². The van der Waals surface area contributed by atoms with Crippen LogP contribution in [-0.4, -0.2) is 106 Å². The first-order chi connectivity index (χ1) is 19.4. The molecule has 0 radical (unpaired) electrons. The molecule has 6 N–H and O–H groups in total. The predicted molar refractivity (Wildman–Crippen MR) is 151 cm³/mol. The first kappa shape index (κ1) is 33.7. The van der Waals surface area contributed by atoms with Gasteiger partial charge in [0.2, 0.25) is 34.7 Å². The lowest BCUT2D eigenvalue weighted by Gasteiger charge is -2.31. The average molecular weight is 594 g/mol. The van der Waals surface area contributed by atoms with Crippen molar-refractivity contribution >= 4 is 46.4 Å². The molecule has 2 rings (SSSR count). The fourth-order valence-corrected chi connectivity index (χ4v) is 5.12. The van der Waals surface area contributed by atoms with Crippen LogP contribution < -0.4 is 21.3 Å². The van der Waals surface area contributed by atoms with Gasteiger partial charge in [-0.3, -0.25) is 28.8 Å². The third kappa shape index (κ3) is 10.1. The molecule has 0 unspecified atom stereocenters. The van der Waals surface area contributed by atoms with Gasteiger partial charge in [0.1, 0.15) is 30.2 Å². The Labute approximate surface area is 243 Å². The van der Waals surface area contributed by atoms with Crippen molar-refractivity contribution < 1.29 is 39.0 Å². The van der Waals surface area contributed by atoms with E-state index in [0.29, 0.717) is 0 Å². The maximum Gasteiger partial charge on any atom is 0.246 e. The van der Waals surface area contributed by atoms with E-state index < -0.39 is 78.1 Å². The van der Waals surface area contributed by atoms with Crippen LogP contribution in [0.2, 0.25) is 0 Å². The predicted octanol–water partition coefficient (Wildman–Crippen LogP) is -1.68. The first-order valence-electron chi connectivity index (χ1n) is 13.2. The van der Waals surface area contributed by atoms with Gasteiger partial charge in [0.05, 0.1) is 13.2 Å². The molecule has 14 heteroatoms. The molecule has 5 amide bonds. The van der Waals surface area contributed by atoms with Gasteiger partial charge < -0.3 is 36.4 Å². The van der Waals surface area contributed by atoms with Crippen molar-refractivity contribution in [1.82, 2.24) is 26.2 Å². The number of thioether (sulfide) groups is 1. The summed E-state index contributed by atoms with van der Waals surface area (Å²) in [5.41, 5.74) is 0.758. The Morgan fingerprint density at radius 2 is 1.54 bits per heavy atom. The first-order valence-corrected chi connectivity index (χ1v) is 14.2. The van der Waals surface area contributed by atoms with E-state index in [1.165, 1.54) is 14.0 Å². The molecule has 0 spiro atoms. The van der Waals surface area contributed by atoms with Crippen LogP contribution in [0.3, 0.4) is 0 Å². The zero-order valence-corrected chi connectivity index (χ0v) is 24.4. The highest BCUT2D eigenvalue weighted by Crippen LogP contribution is 2.16. The Bertz CT molecular complexity index is 1100. The molecule has 1 aliphatic rings. The quantitative estimate of drug-likeness (QED) is 0.214. The number of nitrogens with zero attached hydrogens (tertiary/aromatic N) is 1. The third-order valence-electron chi connectivity index (χ3n) is 6.40. The number of benzene rings is 1. The Morgan fingerprint density at radius 1 is 0.951 bits per heavy atom. The molecule has 1 saturated heterocycles. The molecule has 0 aromatic heterocycles. The van der Waals surface area contributed by atoms with Crippen molar-refractivity contribution in [2.75, 3.05) is 26.0 Å². The highest BCUT2D eigenvalue weighted by Gasteiger charge is 2.36. The second-order valence-corrected chi connectivity index (χ2v) is 11.2. The number of likely N-dealkylation sites (N-methyl/N-ethyl adjacent to an activating group) is 1.